The van der Waals surface area contributed by atoms with E-state index in [4.69, 9.17) is 0 Å². The number of hydrogen-bond donors (Lipinski definition) is 2. The first-order valence-electron chi connectivity index (χ1n) is 8.21. The van der Waals surface area contributed by atoms with Crippen LogP contribution in [0.2, 0.25) is 0 Å². The van der Waals surface area contributed by atoms with Crippen molar-refractivity contribution in [2.45, 2.75) is 58.1 Å². The Hall–Kier alpha value is -0.970. The van der Waals surface area contributed by atoms with E-state index in [9.17, 15) is 0 Å². The molecule has 0 amide bonds. The normalized spacial score (nSPS) is 18.5. The maximum Gasteiger partial charge on any atom is 0.134 e. The molecule has 1 saturated heterocycles. The van der Waals surface area contributed by atoms with Crippen LogP contribution in [-0.4, -0.2) is 34.1 Å². The van der Waals surface area contributed by atoms with Gasteiger partial charge in [-0.3, -0.25) is 0 Å². The molecule has 4 nitrogen and oxygen atoms in total. The summed E-state index contributed by atoms with van der Waals surface area (Å²) >= 11 is 2.09. The van der Waals surface area contributed by atoms with Crippen molar-refractivity contribution >= 4 is 23.4 Å². The zero-order chi connectivity index (χ0) is 15.1. The molecule has 5 heteroatoms. The second-order valence-electron chi connectivity index (χ2n) is 5.61. The highest BCUT2D eigenvalue weighted by molar-refractivity contribution is 7.99. The fraction of sp³-hybridized carbons (Fsp3) is 0.750. The number of aryl methyl sites for hydroxylation is 1. The number of nitrogens with one attached hydrogen (secondary N) is 2. The first-order chi connectivity index (χ1) is 10.2. The third kappa shape index (κ3) is 4.77. The number of hydrogen-bond acceptors (Lipinski definition) is 5. The average Bonchev–Trinajstić information content (AvgIpc) is 2.53. The van der Waals surface area contributed by atoms with Gasteiger partial charge in [-0.15, -0.1) is 0 Å². The maximum absolute atomic E-state index is 4.67. The molecule has 1 unspecified atom stereocenters. The van der Waals surface area contributed by atoms with E-state index in [0.29, 0.717) is 0 Å². The van der Waals surface area contributed by atoms with Crippen molar-refractivity contribution in [2.24, 2.45) is 0 Å². The van der Waals surface area contributed by atoms with Crippen molar-refractivity contribution in [3.05, 3.63) is 11.4 Å². The lowest BCUT2D eigenvalue weighted by Gasteiger charge is -2.22. The average molecular weight is 308 g/mol. The largest absolute Gasteiger partial charge is 0.370 e. The lowest BCUT2D eigenvalue weighted by atomic mass is 10.2. The molecule has 118 valence electrons. The van der Waals surface area contributed by atoms with Gasteiger partial charge in [0.1, 0.15) is 17.5 Å². The second-order valence-corrected chi connectivity index (χ2v) is 7.02. The Morgan fingerprint density at radius 3 is 2.52 bits per heavy atom. The molecule has 2 heterocycles. The monoisotopic (exact) mass is 308 g/mol. The molecule has 0 saturated carbocycles. The molecular weight excluding hydrogens is 280 g/mol. The van der Waals surface area contributed by atoms with Crippen LogP contribution in [0, 0.1) is 6.92 Å². The van der Waals surface area contributed by atoms with Gasteiger partial charge in [0.15, 0.2) is 0 Å². The van der Waals surface area contributed by atoms with Crippen LogP contribution in [0.25, 0.3) is 0 Å². The number of aromatic nitrogens is 2. The molecular formula is C16H28N4S. The fourth-order valence-electron chi connectivity index (χ4n) is 2.49. The quantitative estimate of drug-likeness (QED) is 0.801. The van der Waals surface area contributed by atoms with E-state index in [1.807, 2.05) is 0 Å². The Morgan fingerprint density at radius 2 is 1.90 bits per heavy atom. The van der Waals surface area contributed by atoms with Gasteiger partial charge in [-0.25, -0.2) is 9.97 Å². The summed E-state index contributed by atoms with van der Waals surface area (Å²) in [5.41, 5.74) is 1.14. The van der Waals surface area contributed by atoms with Crippen molar-refractivity contribution in [1.82, 2.24) is 9.97 Å². The SMILES string of the molecule is CCCNc1nc(CC)nc(NCC2CCCCS2)c1C. The van der Waals surface area contributed by atoms with Crippen LogP contribution in [-0.2, 0) is 6.42 Å². The number of anilines is 2. The van der Waals surface area contributed by atoms with E-state index in [0.717, 1.165) is 54.2 Å². The zero-order valence-electron chi connectivity index (χ0n) is 13.5. The van der Waals surface area contributed by atoms with Gasteiger partial charge in [0.25, 0.3) is 0 Å². The van der Waals surface area contributed by atoms with Crippen LogP contribution in [0.5, 0.6) is 0 Å². The zero-order valence-corrected chi connectivity index (χ0v) is 14.4. The van der Waals surface area contributed by atoms with Crippen LogP contribution in [0.1, 0.15) is 50.9 Å². The molecule has 0 radical (unpaired) electrons. The van der Waals surface area contributed by atoms with Crippen LogP contribution < -0.4 is 10.6 Å². The van der Waals surface area contributed by atoms with E-state index >= 15 is 0 Å². The molecule has 1 aromatic rings. The second kappa shape index (κ2) is 8.47. The van der Waals surface area contributed by atoms with E-state index in [-0.39, 0.29) is 0 Å². The van der Waals surface area contributed by atoms with E-state index in [1.54, 1.807) is 0 Å². The Kier molecular flexibility index (Phi) is 6.61. The molecule has 1 aliphatic rings. The first kappa shape index (κ1) is 16.4. The summed E-state index contributed by atoms with van der Waals surface area (Å²) in [6.45, 7) is 8.35. The number of rotatable bonds is 7. The first-order valence-corrected chi connectivity index (χ1v) is 9.26. The minimum absolute atomic E-state index is 0.727. The summed E-state index contributed by atoms with van der Waals surface area (Å²) in [7, 11) is 0. The Bertz CT molecular complexity index is 444. The van der Waals surface area contributed by atoms with E-state index in [2.05, 4.69) is 53.1 Å². The van der Waals surface area contributed by atoms with Crippen LogP contribution in [0.3, 0.4) is 0 Å². The lowest BCUT2D eigenvalue weighted by Crippen LogP contribution is -2.21. The summed E-state index contributed by atoms with van der Waals surface area (Å²) in [5.74, 6) is 4.21. The lowest BCUT2D eigenvalue weighted by molar-refractivity contribution is 0.676. The van der Waals surface area contributed by atoms with Crippen molar-refractivity contribution in [3.8, 4) is 0 Å². The Labute approximate surface area is 132 Å². The molecule has 0 spiro atoms. The molecule has 2 rings (SSSR count). The summed E-state index contributed by atoms with van der Waals surface area (Å²) in [4.78, 5) is 9.29. The van der Waals surface area contributed by atoms with Gasteiger partial charge in [0.05, 0.1) is 0 Å². The van der Waals surface area contributed by atoms with Crippen LogP contribution >= 0.6 is 11.8 Å². The minimum Gasteiger partial charge on any atom is -0.370 e. The van der Waals surface area contributed by atoms with Gasteiger partial charge < -0.3 is 10.6 Å². The third-order valence-corrected chi connectivity index (χ3v) is 5.22. The number of thioether (sulfide) groups is 1. The third-order valence-electron chi connectivity index (χ3n) is 3.82. The summed E-state index contributed by atoms with van der Waals surface area (Å²) in [6, 6.07) is 0. The van der Waals surface area contributed by atoms with Gasteiger partial charge in [-0.2, -0.15) is 11.8 Å². The summed E-state index contributed by atoms with van der Waals surface area (Å²) < 4.78 is 0. The van der Waals surface area contributed by atoms with Crippen molar-refractivity contribution in [2.75, 3.05) is 29.5 Å². The predicted octanol–water partition coefficient (Wildman–Crippen LogP) is 3.87. The highest BCUT2D eigenvalue weighted by Gasteiger charge is 2.15. The van der Waals surface area contributed by atoms with Crippen molar-refractivity contribution < 1.29 is 0 Å². The fourth-order valence-corrected chi connectivity index (χ4v) is 3.73. The molecule has 2 N–H and O–H groups in total. The van der Waals surface area contributed by atoms with Crippen molar-refractivity contribution in [1.29, 1.82) is 0 Å². The maximum atomic E-state index is 4.67. The van der Waals surface area contributed by atoms with Crippen molar-refractivity contribution in [3.63, 3.8) is 0 Å². The minimum atomic E-state index is 0.727. The highest BCUT2D eigenvalue weighted by Crippen LogP contribution is 2.26. The van der Waals surface area contributed by atoms with E-state index < -0.39 is 0 Å². The van der Waals surface area contributed by atoms with Crippen LogP contribution in [0.4, 0.5) is 11.6 Å². The molecule has 1 aromatic heterocycles. The van der Waals surface area contributed by atoms with Gasteiger partial charge in [0.2, 0.25) is 0 Å². The molecule has 1 fully saturated rings. The molecule has 0 bridgehead atoms. The smallest absolute Gasteiger partial charge is 0.134 e. The molecule has 0 aromatic carbocycles. The molecule has 1 aliphatic heterocycles. The number of nitrogens with zero attached hydrogens (tertiary/aromatic N) is 2. The van der Waals surface area contributed by atoms with Gasteiger partial charge in [-0.05, 0) is 31.9 Å². The van der Waals surface area contributed by atoms with Gasteiger partial charge in [0, 0.05) is 30.3 Å². The molecule has 21 heavy (non-hydrogen) atoms. The topological polar surface area (TPSA) is 49.8 Å². The summed E-state index contributed by atoms with van der Waals surface area (Å²) in [6.07, 6.45) is 6.04. The van der Waals surface area contributed by atoms with Crippen LogP contribution in [0.15, 0.2) is 0 Å². The molecule has 0 aliphatic carbocycles. The highest BCUT2D eigenvalue weighted by atomic mass is 32.2. The Morgan fingerprint density at radius 1 is 1.14 bits per heavy atom. The standard InChI is InChI=1S/C16H28N4S/c1-4-9-17-15-12(3)16(20-14(5-2)19-15)18-11-13-8-6-7-10-21-13/h13H,4-11H2,1-3H3,(H2,17,18,19,20). The van der Waals surface area contributed by atoms with Gasteiger partial charge >= 0.3 is 0 Å². The Balaban J connectivity index is 2.05. The van der Waals surface area contributed by atoms with Gasteiger partial charge in [-0.1, -0.05) is 20.3 Å². The van der Waals surface area contributed by atoms with E-state index in [1.165, 1.54) is 25.0 Å². The molecule has 1 atom stereocenters. The summed E-state index contributed by atoms with van der Waals surface area (Å²) in [5, 5.41) is 7.71. The predicted molar refractivity (Wildman–Crippen MR) is 93.5 cm³/mol.